The molecule has 0 aromatic heterocycles. The van der Waals surface area contributed by atoms with Crippen LogP contribution in [0.15, 0.2) is 42.5 Å². The van der Waals surface area contributed by atoms with Crippen LogP contribution < -0.4 is 14.2 Å². The zero-order valence-corrected chi connectivity index (χ0v) is 11.1. The van der Waals surface area contributed by atoms with E-state index < -0.39 is 5.97 Å². The highest BCUT2D eigenvalue weighted by Gasteiger charge is 2.07. The summed E-state index contributed by atoms with van der Waals surface area (Å²) >= 11 is 0. The van der Waals surface area contributed by atoms with Crippen LogP contribution in [0.5, 0.6) is 23.0 Å². The maximum absolute atomic E-state index is 10.9. The molecule has 0 saturated carbocycles. The highest BCUT2D eigenvalue weighted by molar-refractivity contribution is 5.88. The number of carbonyl (C=O) groups is 1. The first kappa shape index (κ1) is 13.7. The fraction of sp³-hybridized carbons (Fsp3) is 0.133. The summed E-state index contributed by atoms with van der Waals surface area (Å²) < 4.78 is 15.9. The Balaban J connectivity index is 2.29. The van der Waals surface area contributed by atoms with Crippen LogP contribution in [0.3, 0.4) is 0 Å². The molecular formula is C15H14O5. The minimum Gasteiger partial charge on any atom is -0.496 e. The third-order valence-corrected chi connectivity index (χ3v) is 2.64. The summed E-state index contributed by atoms with van der Waals surface area (Å²) in [6.45, 7) is 0. The molecule has 2 rings (SSSR count). The number of carboxylic acids is 1. The van der Waals surface area contributed by atoms with E-state index in [-0.39, 0.29) is 5.56 Å². The highest BCUT2D eigenvalue weighted by atomic mass is 16.5. The number of aromatic carboxylic acids is 1. The van der Waals surface area contributed by atoms with Crippen molar-refractivity contribution in [1.82, 2.24) is 0 Å². The van der Waals surface area contributed by atoms with Gasteiger partial charge in [0.2, 0.25) is 0 Å². The number of hydrogen-bond donors (Lipinski definition) is 1. The van der Waals surface area contributed by atoms with Gasteiger partial charge in [0.05, 0.1) is 19.8 Å². The van der Waals surface area contributed by atoms with E-state index in [1.165, 1.54) is 12.1 Å². The van der Waals surface area contributed by atoms with E-state index in [1.54, 1.807) is 44.6 Å². The Morgan fingerprint density at radius 2 is 1.50 bits per heavy atom. The molecule has 0 saturated heterocycles. The zero-order chi connectivity index (χ0) is 14.5. The van der Waals surface area contributed by atoms with E-state index in [1.807, 2.05) is 0 Å². The van der Waals surface area contributed by atoms with Gasteiger partial charge in [-0.05, 0) is 18.2 Å². The lowest BCUT2D eigenvalue weighted by molar-refractivity contribution is 0.0696. The van der Waals surface area contributed by atoms with Gasteiger partial charge in [0.1, 0.15) is 23.0 Å². The van der Waals surface area contributed by atoms with Gasteiger partial charge in [0, 0.05) is 18.2 Å². The van der Waals surface area contributed by atoms with E-state index >= 15 is 0 Å². The molecule has 5 nitrogen and oxygen atoms in total. The molecule has 20 heavy (non-hydrogen) atoms. The van der Waals surface area contributed by atoms with E-state index in [0.29, 0.717) is 23.0 Å². The molecule has 1 N–H and O–H groups in total. The Kier molecular flexibility index (Phi) is 4.10. The second-order valence-corrected chi connectivity index (χ2v) is 3.98. The SMILES string of the molecule is COc1cc(OC)cc(Oc2cccc(C(=O)O)c2)c1. The molecule has 0 aliphatic carbocycles. The smallest absolute Gasteiger partial charge is 0.335 e. The van der Waals surface area contributed by atoms with E-state index in [2.05, 4.69) is 0 Å². The lowest BCUT2D eigenvalue weighted by Crippen LogP contribution is -1.96. The van der Waals surface area contributed by atoms with Crippen molar-refractivity contribution in [2.45, 2.75) is 0 Å². The van der Waals surface area contributed by atoms with Crippen LogP contribution in [0.4, 0.5) is 0 Å². The lowest BCUT2D eigenvalue weighted by atomic mass is 10.2. The fourth-order valence-electron chi connectivity index (χ4n) is 1.67. The Bertz CT molecular complexity index is 599. The summed E-state index contributed by atoms with van der Waals surface area (Å²) in [5, 5.41) is 8.94. The van der Waals surface area contributed by atoms with Crippen LogP contribution in [0.1, 0.15) is 10.4 Å². The maximum atomic E-state index is 10.9. The van der Waals surface area contributed by atoms with Crippen LogP contribution in [0.25, 0.3) is 0 Å². The first-order valence-corrected chi connectivity index (χ1v) is 5.86. The molecule has 0 bridgehead atoms. The molecule has 0 aliphatic heterocycles. The van der Waals surface area contributed by atoms with Gasteiger partial charge in [-0.15, -0.1) is 0 Å². The van der Waals surface area contributed by atoms with Gasteiger partial charge in [-0.25, -0.2) is 4.79 Å². The molecule has 2 aromatic rings. The molecule has 2 aromatic carbocycles. The second-order valence-electron chi connectivity index (χ2n) is 3.98. The molecule has 0 heterocycles. The number of ether oxygens (including phenoxy) is 3. The molecule has 0 fully saturated rings. The van der Waals surface area contributed by atoms with E-state index in [4.69, 9.17) is 19.3 Å². The lowest BCUT2D eigenvalue weighted by Gasteiger charge is -2.10. The average Bonchev–Trinajstić information content (AvgIpc) is 2.47. The Morgan fingerprint density at radius 1 is 0.900 bits per heavy atom. The molecule has 5 heteroatoms. The Hall–Kier alpha value is -2.69. The van der Waals surface area contributed by atoms with Crippen molar-refractivity contribution < 1.29 is 24.1 Å². The summed E-state index contributed by atoms with van der Waals surface area (Å²) in [7, 11) is 3.09. The van der Waals surface area contributed by atoms with Crippen LogP contribution in [0.2, 0.25) is 0 Å². The second kappa shape index (κ2) is 5.97. The summed E-state index contributed by atoms with van der Waals surface area (Å²) in [5.41, 5.74) is 0.164. The monoisotopic (exact) mass is 274 g/mol. The van der Waals surface area contributed by atoms with Gasteiger partial charge in [-0.2, -0.15) is 0 Å². The van der Waals surface area contributed by atoms with Crippen molar-refractivity contribution in [3.63, 3.8) is 0 Å². The van der Waals surface area contributed by atoms with E-state index in [9.17, 15) is 4.79 Å². The molecule has 0 radical (unpaired) electrons. The summed E-state index contributed by atoms with van der Waals surface area (Å²) in [6.07, 6.45) is 0. The minimum absolute atomic E-state index is 0.164. The zero-order valence-electron chi connectivity index (χ0n) is 11.1. The van der Waals surface area contributed by atoms with Crippen molar-refractivity contribution in [3.8, 4) is 23.0 Å². The molecule has 0 aliphatic rings. The van der Waals surface area contributed by atoms with Crippen molar-refractivity contribution in [3.05, 3.63) is 48.0 Å². The van der Waals surface area contributed by atoms with Crippen molar-refractivity contribution in [1.29, 1.82) is 0 Å². The minimum atomic E-state index is -1.00. The number of hydrogen-bond acceptors (Lipinski definition) is 4. The van der Waals surface area contributed by atoms with Crippen molar-refractivity contribution in [2.24, 2.45) is 0 Å². The summed E-state index contributed by atoms with van der Waals surface area (Å²) in [6, 6.07) is 11.4. The molecule has 104 valence electrons. The molecule has 0 amide bonds. The third kappa shape index (κ3) is 3.20. The predicted octanol–water partition coefficient (Wildman–Crippen LogP) is 3.19. The van der Waals surface area contributed by atoms with Gasteiger partial charge < -0.3 is 19.3 Å². The van der Waals surface area contributed by atoms with Gasteiger partial charge in [-0.1, -0.05) is 6.07 Å². The van der Waals surface area contributed by atoms with Crippen molar-refractivity contribution >= 4 is 5.97 Å². The molecule has 0 unspecified atom stereocenters. The molecular weight excluding hydrogens is 260 g/mol. The number of methoxy groups -OCH3 is 2. The van der Waals surface area contributed by atoms with Gasteiger partial charge in [0.15, 0.2) is 0 Å². The Labute approximate surface area is 116 Å². The number of benzene rings is 2. The summed E-state index contributed by atoms with van der Waals surface area (Å²) in [5.74, 6) is 1.12. The standard InChI is InChI=1S/C15H14O5/c1-18-12-7-13(19-2)9-14(8-12)20-11-5-3-4-10(6-11)15(16)17/h3-9H,1-2H3,(H,16,17). The predicted molar refractivity (Wildman–Crippen MR) is 73.0 cm³/mol. The van der Waals surface area contributed by atoms with E-state index in [0.717, 1.165) is 0 Å². The average molecular weight is 274 g/mol. The van der Waals surface area contributed by atoms with Crippen LogP contribution in [0, 0.1) is 0 Å². The van der Waals surface area contributed by atoms with Crippen molar-refractivity contribution in [2.75, 3.05) is 14.2 Å². The highest BCUT2D eigenvalue weighted by Crippen LogP contribution is 2.31. The molecule has 0 atom stereocenters. The fourth-order valence-corrected chi connectivity index (χ4v) is 1.67. The topological polar surface area (TPSA) is 65.0 Å². The first-order chi connectivity index (χ1) is 9.62. The quantitative estimate of drug-likeness (QED) is 0.907. The van der Waals surface area contributed by atoms with Crippen LogP contribution >= 0.6 is 0 Å². The van der Waals surface area contributed by atoms with Gasteiger partial charge in [0.25, 0.3) is 0 Å². The van der Waals surface area contributed by atoms with Crippen LogP contribution in [-0.2, 0) is 0 Å². The third-order valence-electron chi connectivity index (χ3n) is 2.64. The largest absolute Gasteiger partial charge is 0.496 e. The number of carboxylic acid groups (broad SMARTS) is 1. The molecule has 0 spiro atoms. The van der Waals surface area contributed by atoms with Gasteiger partial charge in [-0.3, -0.25) is 0 Å². The first-order valence-electron chi connectivity index (χ1n) is 5.86. The Morgan fingerprint density at radius 3 is 2.05 bits per heavy atom. The normalized spacial score (nSPS) is 9.90. The summed E-state index contributed by atoms with van der Waals surface area (Å²) in [4.78, 5) is 10.9. The number of rotatable bonds is 5. The van der Waals surface area contributed by atoms with Gasteiger partial charge >= 0.3 is 5.97 Å². The van der Waals surface area contributed by atoms with Crippen LogP contribution in [-0.4, -0.2) is 25.3 Å². The maximum Gasteiger partial charge on any atom is 0.335 e.